The van der Waals surface area contributed by atoms with E-state index in [1.165, 1.54) is 5.56 Å². The molecule has 3 aromatic rings. The number of hydrogen-bond acceptors (Lipinski definition) is 3. The van der Waals surface area contributed by atoms with E-state index in [1.54, 1.807) is 0 Å². The average Bonchev–Trinajstić information content (AvgIpc) is 2.47. The SMILES string of the molecule is Cc1cccc(Nc2nc(C(C)C)nc3ccccc23)c1. The zero-order valence-corrected chi connectivity index (χ0v) is 12.6. The first-order valence-electron chi connectivity index (χ1n) is 7.24. The van der Waals surface area contributed by atoms with E-state index in [1.807, 2.05) is 24.3 Å². The maximum atomic E-state index is 4.70. The first-order chi connectivity index (χ1) is 10.1. The standard InChI is InChI=1S/C18H19N3/c1-12(2)17-20-16-10-5-4-9-15(16)18(21-17)19-14-8-6-7-13(3)11-14/h4-12H,1-3H3,(H,19,20,21). The van der Waals surface area contributed by atoms with E-state index >= 15 is 0 Å². The molecular weight excluding hydrogens is 258 g/mol. The van der Waals surface area contributed by atoms with Crippen LogP contribution in [0.15, 0.2) is 48.5 Å². The Kier molecular flexibility index (Phi) is 3.57. The van der Waals surface area contributed by atoms with Crippen LogP contribution < -0.4 is 5.32 Å². The summed E-state index contributed by atoms with van der Waals surface area (Å²) >= 11 is 0. The molecule has 1 heterocycles. The molecule has 0 saturated heterocycles. The second kappa shape index (κ2) is 5.52. The first kappa shape index (κ1) is 13.6. The van der Waals surface area contributed by atoms with Crippen LogP contribution in [0.3, 0.4) is 0 Å². The molecule has 3 heteroatoms. The van der Waals surface area contributed by atoms with Crippen LogP contribution in [-0.4, -0.2) is 9.97 Å². The molecule has 3 nitrogen and oxygen atoms in total. The molecule has 1 N–H and O–H groups in total. The number of benzene rings is 2. The van der Waals surface area contributed by atoms with Crippen molar-refractivity contribution in [2.75, 3.05) is 5.32 Å². The maximum Gasteiger partial charge on any atom is 0.142 e. The van der Waals surface area contributed by atoms with Crippen molar-refractivity contribution in [1.82, 2.24) is 9.97 Å². The second-order valence-electron chi connectivity index (χ2n) is 5.60. The molecule has 106 valence electrons. The van der Waals surface area contributed by atoms with E-state index in [2.05, 4.69) is 55.3 Å². The Bertz CT molecular complexity index is 778. The topological polar surface area (TPSA) is 37.8 Å². The molecule has 0 unspecified atom stereocenters. The van der Waals surface area contributed by atoms with Gasteiger partial charge in [-0.25, -0.2) is 9.97 Å². The van der Waals surface area contributed by atoms with Crippen molar-refractivity contribution in [1.29, 1.82) is 0 Å². The molecule has 21 heavy (non-hydrogen) atoms. The maximum absolute atomic E-state index is 4.70. The number of rotatable bonds is 3. The van der Waals surface area contributed by atoms with E-state index < -0.39 is 0 Å². The Balaban J connectivity index is 2.11. The van der Waals surface area contributed by atoms with E-state index in [9.17, 15) is 0 Å². The molecule has 0 saturated carbocycles. The average molecular weight is 277 g/mol. The predicted molar refractivity (Wildman–Crippen MR) is 88.1 cm³/mol. The minimum absolute atomic E-state index is 0.299. The Hall–Kier alpha value is -2.42. The lowest BCUT2D eigenvalue weighted by Crippen LogP contribution is -2.03. The van der Waals surface area contributed by atoms with E-state index in [4.69, 9.17) is 4.98 Å². The number of hydrogen-bond donors (Lipinski definition) is 1. The fourth-order valence-corrected chi connectivity index (χ4v) is 2.31. The predicted octanol–water partition coefficient (Wildman–Crippen LogP) is 4.81. The van der Waals surface area contributed by atoms with Gasteiger partial charge in [-0.1, -0.05) is 38.1 Å². The van der Waals surface area contributed by atoms with Gasteiger partial charge in [0.1, 0.15) is 11.6 Å². The number of aryl methyl sites for hydroxylation is 1. The zero-order valence-electron chi connectivity index (χ0n) is 12.6. The molecule has 0 aliphatic rings. The molecule has 0 atom stereocenters. The van der Waals surface area contributed by atoms with Gasteiger partial charge in [-0.2, -0.15) is 0 Å². The summed E-state index contributed by atoms with van der Waals surface area (Å²) in [6.45, 7) is 6.31. The lowest BCUT2D eigenvalue weighted by atomic mass is 10.1. The second-order valence-corrected chi connectivity index (χ2v) is 5.60. The molecule has 0 bridgehead atoms. The Labute approximate surface area is 125 Å². The highest BCUT2D eigenvalue weighted by atomic mass is 15.0. The van der Waals surface area contributed by atoms with Gasteiger partial charge >= 0.3 is 0 Å². The van der Waals surface area contributed by atoms with Crippen molar-refractivity contribution in [2.24, 2.45) is 0 Å². The van der Waals surface area contributed by atoms with Crippen LogP contribution in [0.2, 0.25) is 0 Å². The summed E-state index contributed by atoms with van der Waals surface area (Å²) in [5, 5.41) is 4.48. The normalized spacial score (nSPS) is 11.0. The van der Waals surface area contributed by atoms with E-state index in [-0.39, 0.29) is 0 Å². The minimum atomic E-state index is 0.299. The van der Waals surface area contributed by atoms with E-state index in [0.717, 1.165) is 28.2 Å². The highest BCUT2D eigenvalue weighted by Crippen LogP contribution is 2.26. The van der Waals surface area contributed by atoms with Crippen molar-refractivity contribution in [2.45, 2.75) is 26.7 Å². The van der Waals surface area contributed by atoms with Crippen LogP contribution in [0.1, 0.15) is 31.2 Å². The molecule has 1 aromatic heterocycles. The van der Waals surface area contributed by atoms with Gasteiger partial charge in [-0.3, -0.25) is 0 Å². The third kappa shape index (κ3) is 2.87. The minimum Gasteiger partial charge on any atom is -0.340 e. The molecule has 3 rings (SSSR count). The number of anilines is 2. The van der Waals surface area contributed by atoms with Crippen LogP contribution in [0.4, 0.5) is 11.5 Å². The van der Waals surface area contributed by atoms with Gasteiger partial charge in [0.2, 0.25) is 0 Å². The Morgan fingerprint density at radius 3 is 2.52 bits per heavy atom. The lowest BCUT2D eigenvalue weighted by Gasteiger charge is -2.12. The number of nitrogens with zero attached hydrogens (tertiary/aromatic N) is 2. The van der Waals surface area contributed by atoms with Gasteiger partial charge in [0.25, 0.3) is 0 Å². The monoisotopic (exact) mass is 277 g/mol. The highest BCUT2D eigenvalue weighted by Gasteiger charge is 2.10. The van der Waals surface area contributed by atoms with Crippen molar-refractivity contribution in [3.63, 3.8) is 0 Å². The number of para-hydroxylation sites is 1. The molecular formula is C18H19N3. The largest absolute Gasteiger partial charge is 0.340 e. The zero-order chi connectivity index (χ0) is 14.8. The smallest absolute Gasteiger partial charge is 0.142 e. The summed E-state index contributed by atoms with van der Waals surface area (Å²) in [6.07, 6.45) is 0. The molecule has 0 fully saturated rings. The highest BCUT2D eigenvalue weighted by molar-refractivity contribution is 5.90. The van der Waals surface area contributed by atoms with Crippen molar-refractivity contribution < 1.29 is 0 Å². The Morgan fingerprint density at radius 2 is 1.76 bits per heavy atom. The fraction of sp³-hybridized carbons (Fsp3) is 0.222. The van der Waals surface area contributed by atoms with E-state index in [0.29, 0.717) is 5.92 Å². The van der Waals surface area contributed by atoms with Gasteiger partial charge in [0, 0.05) is 17.0 Å². The van der Waals surface area contributed by atoms with Crippen molar-refractivity contribution in [3.8, 4) is 0 Å². The molecule has 0 spiro atoms. The van der Waals surface area contributed by atoms with Crippen molar-refractivity contribution >= 4 is 22.4 Å². The van der Waals surface area contributed by atoms with Crippen LogP contribution in [0.5, 0.6) is 0 Å². The number of aromatic nitrogens is 2. The van der Waals surface area contributed by atoms with Gasteiger partial charge in [0.05, 0.1) is 5.52 Å². The first-order valence-corrected chi connectivity index (χ1v) is 7.24. The summed E-state index contributed by atoms with van der Waals surface area (Å²) in [7, 11) is 0. The third-order valence-electron chi connectivity index (χ3n) is 3.42. The molecule has 0 amide bonds. The summed E-state index contributed by atoms with van der Waals surface area (Å²) in [5.74, 6) is 2.03. The van der Waals surface area contributed by atoms with Crippen LogP contribution in [-0.2, 0) is 0 Å². The Morgan fingerprint density at radius 1 is 0.952 bits per heavy atom. The quantitative estimate of drug-likeness (QED) is 0.747. The number of fused-ring (bicyclic) bond motifs is 1. The van der Waals surface area contributed by atoms with Gasteiger partial charge in [-0.05, 0) is 36.8 Å². The van der Waals surface area contributed by atoms with Crippen LogP contribution >= 0.6 is 0 Å². The van der Waals surface area contributed by atoms with Crippen LogP contribution in [0.25, 0.3) is 10.9 Å². The molecule has 0 aliphatic heterocycles. The molecule has 2 aromatic carbocycles. The third-order valence-corrected chi connectivity index (χ3v) is 3.42. The summed E-state index contributed by atoms with van der Waals surface area (Å²) in [6, 6.07) is 16.4. The number of nitrogens with one attached hydrogen (secondary N) is 1. The summed E-state index contributed by atoms with van der Waals surface area (Å²) in [4.78, 5) is 9.35. The van der Waals surface area contributed by atoms with Crippen molar-refractivity contribution in [3.05, 3.63) is 59.9 Å². The fourth-order valence-electron chi connectivity index (χ4n) is 2.31. The summed E-state index contributed by atoms with van der Waals surface area (Å²) < 4.78 is 0. The van der Waals surface area contributed by atoms with Gasteiger partial charge < -0.3 is 5.32 Å². The molecule has 0 radical (unpaired) electrons. The summed E-state index contributed by atoms with van der Waals surface area (Å²) in [5.41, 5.74) is 3.25. The molecule has 0 aliphatic carbocycles. The lowest BCUT2D eigenvalue weighted by molar-refractivity contribution is 0.785. The van der Waals surface area contributed by atoms with Crippen LogP contribution in [0, 0.1) is 6.92 Å². The van der Waals surface area contributed by atoms with Gasteiger partial charge in [0.15, 0.2) is 0 Å². The van der Waals surface area contributed by atoms with Gasteiger partial charge in [-0.15, -0.1) is 0 Å².